The number of ether oxygens (including phenoxy) is 1. The Labute approximate surface area is 179 Å². The van der Waals surface area contributed by atoms with E-state index in [9.17, 15) is 19.6 Å². The van der Waals surface area contributed by atoms with Crippen molar-refractivity contribution in [2.45, 2.75) is 18.9 Å². The van der Waals surface area contributed by atoms with Crippen LogP contribution in [0.25, 0.3) is 6.08 Å². The molecule has 3 amide bonds. The van der Waals surface area contributed by atoms with Crippen LogP contribution in [0.2, 0.25) is 0 Å². The standard InChI is InChI=1S/C23H22N4O4/c1-31-19-7-5-15(6-8-19)9-17(11-24)22(29)25-23(30)26-12-16-10-18(14-26)20-3-2-4-21(28)27(20)13-16/h2-9,16,18H,10,12-14H2,1H3,(H,25,29,30)/b17-9+/t16-,18+/m0/s1. The Morgan fingerprint density at radius 1 is 1.16 bits per heavy atom. The summed E-state index contributed by atoms with van der Waals surface area (Å²) in [5.41, 5.74) is 1.38. The molecule has 31 heavy (non-hydrogen) atoms. The van der Waals surface area contributed by atoms with Gasteiger partial charge in [0.15, 0.2) is 0 Å². The lowest BCUT2D eigenvalue weighted by atomic mass is 9.83. The van der Waals surface area contributed by atoms with Gasteiger partial charge in [-0.15, -0.1) is 0 Å². The molecule has 0 spiro atoms. The second-order valence-electron chi connectivity index (χ2n) is 7.81. The highest BCUT2D eigenvalue weighted by Crippen LogP contribution is 2.34. The molecule has 158 valence electrons. The number of rotatable bonds is 3. The average molecular weight is 418 g/mol. The van der Waals surface area contributed by atoms with Gasteiger partial charge in [0.25, 0.3) is 11.5 Å². The molecule has 1 fully saturated rings. The minimum absolute atomic E-state index is 0.0254. The van der Waals surface area contributed by atoms with Crippen molar-refractivity contribution < 1.29 is 14.3 Å². The van der Waals surface area contributed by atoms with E-state index in [-0.39, 0.29) is 23.0 Å². The molecule has 3 heterocycles. The predicted octanol–water partition coefficient (Wildman–Crippen LogP) is 2.12. The van der Waals surface area contributed by atoms with E-state index in [1.165, 1.54) is 6.08 Å². The van der Waals surface area contributed by atoms with Gasteiger partial charge < -0.3 is 14.2 Å². The van der Waals surface area contributed by atoms with Crippen molar-refractivity contribution in [2.24, 2.45) is 5.92 Å². The number of carbonyl (C=O) groups is 2. The predicted molar refractivity (Wildman–Crippen MR) is 113 cm³/mol. The number of benzene rings is 1. The van der Waals surface area contributed by atoms with Gasteiger partial charge >= 0.3 is 6.03 Å². The first-order valence-electron chi connectivity index (χ1n) is 10.0. The first kappa shape index (κ1) is 20.4. The van der Waals surface area contributed by atoms with Gasteiger partial charge in [0.2, 0.25) is 0 Å². The summed E-state index contributed by atoms with van der Waals surface area (Å²) in [6, 6.07) is 13.4. The molecule has 2 aliphatic heterocycles. The number of carbonyl (C=O) groups excluding carboxylic acids is 2. The van der Waals surface area contributed by atoms with Crippen LogP contribution in [0, 0.1) is 17.2 Å². The van der Waals surface area contributed by atoms with E-state index < -0.39 is 11.9 Å². The van der Waals surface area contributed by atoms with E-state index >= 15 is 0 Å². The average Bonchev–Trinajstić information content (AvgIpc) is 2.78. The topological polar surface area (TPSA) is 104 Å². The number of amides is 3. The van der Waals surface area contributed by atoms with E-state index in [1.54, 1.807) is 53.0 Å². The highest BCUT2D eigenvalue weighted by Gasteiger charge is 2.36. The first-order valence-corrected chi connectivity index (χ1v) is 10.0. The maximum absolute atomic E-state index is 12.7. The van der Waals surface area contributed by atoms with Crippen molar-refractivity contribution >= 4 is 18.0 Å². The minimum Gasteiger partial charge on any atom is -0.497 e. The summed E-state index contributed by atoms with van der Waals surface area (Å²) in [4.78, 5) is 39.0. The molecule has 1 aromatic heterocycles. The van der Waals surface area contributed by atoms with Crippen molar-refractivity contribution in [3.63, 3.8) is 0 Å². The van der Waals surface area contributed by atoms with Crippen LogP contribution in [0.1, 0.15) is 23.6 Å². The highest BCUT2D eigenvalue weighted by molar-refractivity contribution is 6.08. The Kier molecular flexibility index (Phi) is 5.58. The second-order valence-corrected chi connectivity index (χ2v) is 7.81. The van der Waals surface area contributed by atoms with Crippen LogP contribution in [0.5, 0.6) is 5.75 Å². The zero-order valence-corrected chi connectivity index (χ0v) is 17.1. The molecule has 2 atom stereocenters. The fraction of sp³-hybridized carbons (Fsp3) is 0.304. The van der Waals surface area contributed by atoms with Gasteiger partial charge in [0.1, 0.15) is 17.4 Å². The number of imide groups is 1. The molecule has 2 bridgehead atoms. The molecular formula is C23H22N4O4. The Hall–Kier alpha value is -3.86. The Bertz CT molecular complexity index is 1140. The van der Waals surface area contributed by atoms with Crippen molar-refractivity contribution in [3.8, 4) is 11.8 Å². The largest absolute Gasteiger partial charge is 0.497 e. The molecule has 2 aromatic rings. The summed E-state index contributed by atoms with van der Waals surface area (Å²) in [5, 5.41) is 11.7. The zero-order valence-electron chi connectivity index (χ0n) is 17.1. The lowest BCUT2D eigenvalue weighted by molar-refractivity contribution is -0.116. The number of urea groups is 1. The quantitative estimate of drug-likeness (QED) is 0.607. The minimum atomic E-state index is -0.740. The number of nitriles is 1. The lowest BCUT2D eigenvalue weighted by Gasteiger charge is -2.42. The number of fused-ring (bicyclic) bond motifs is 4. The van der Waals surface area contributed by atoms with Gasteiger partial charge in [0.05, 0.1) is 7.11 Å². The van der Waals surface area contributed by atoms with Crippen LogP contribution in [-0.4, -0.2) is 41.6 Å². The third kappa shape index (κ3) is 4.21. The Balaban J connectivity index is 1.45. The number of pyridine rings is 1. The number of aromatic nitrogens is 1. The maximum atomic E-state index is 12.7. The Morgan fingerprint density at radius 2 is 1.94 bits per heavy atom. The smallest absolute Gasteiger partial charge is 0.324 e. The highest BCUT2D eigenvalue weighted by atomic mass is 16.5. The summed E-state index contributed by atoms with van der Waals surface area (Å²) in [7, 11) is 1.55. The molecule has 0 saturated carbocycles. The number of nitrogens with zero attached hydrogens (tertiary/aromatic N) is 3. The molecule has 2 aliphatic rings. The van der Waals surface area contributed by atoms with Gasteiger partial charge in [-0.3, -0.25) is 14.9 Å². The van der Waals surface area contributed by atoms with Gasteiger partial charge in [0, 0.05) is 37.3 Å². The number of hydrogen-bond donors (Lipinski definition) is 1. The fourth-order valence-electron chi connectivity index (χ4n) is 4.32. The van der Waals surface area contributed by atoms with Crippen molar-refractivity contribution in [1.29, 1.82) is 5.26 Å². The van der Waals surface area contributed by atoms with E-state index in [2.05, 4.69) is 5.32 Å². The van der Waals surface area contributed by atoms with Gasteiger partial charge in [-0.1, -0.05) is 18.2 Å². The van der Waals surface area contributed by atoms with Crippen LogP contribution in [-0.2, 0) is 11.3 Å². The summed E-state index contributed by atoms with van der Waals surface area (Å²) in [6.45, 7) is 1.44. The van der Waals surface area contributed by atoms with Crippen LogP contribution >= 0.6 is 0 Å². The summed E-state index contributed by atoms with van der Waals surface area (Å²) < 4.78 is 6.88. The van der Waals surface area contributed by atoms with Crippen molar-refractivity contribution in [1.82, 2.24) is 14.8 Å². The third-order valence-corrected chi connectivity index (χ3v) is 5.78. The summed E-state index contributed by atoms with van der Waals surface area (Å²) in [6.07, 6.45) is 2.33. The van der Waals surface area contributed by atoms with E-state index in [4.69, 9.17) is 4.74 Å². The molecule has 4 rings (SSSR count). The summed E-state index contributed by atoms with van der Waals surface area (Å²) >= 11 is 0. The Morgan fingerprint density at radius 3 is 2.65 bits per heavy atom. The van der Waals surface area contributed by atoms with Gasteiger partial charge in [-0.05, 0) is 42.2 Å². The summed E-state index contributed by atoms with van der Waals surface area (Å²) in [5.74, 6) is 0.121. The molecular weight excluding hydrogens is 396 g/mol. The van der Waals surface area contributed by atoms with Crippen molar-refractivity contribution in [3.05, 3.63) is 69.6 Å². The SMILES string of the molecule is COc1ccc(/C=C(\C#N)C(=O)NC(=O)N2C[C@@H]3C[C@H](C2)c2cccc(=O)n2C3)cc1. The zero-order chi connectivity index (χ0) is 22.0. The van der Waals surface area contributed by atoms with Gasteiger partial charge in [-0.2, -0.15) is 5.26 Å². The second kappa shape index (κ2) is 8.48. The number of hydrogen-bond acceptors (Lipinski definition) is 5. The monoisotopic (exact) mass is 418 g/mol. The number of piperidine rings is 1. The molecule has 0 radical (unpaired) electrons. The van der Waals surface area contributed by atoms with Crippen LogP contribution < -0.4 is 15.6 Å². The van der Waals surface area contributed by atoms with E-state index in [1.807, 2.05) is 12.1 Å². The normalized spacial score (nSPS) is 19.7. The first-order chi connectivity index (χ1) is 15.0. The van der Waals surface area contributed by atoms with Gasteiger partial charge in [-0.25, -0.2) is 4.79 Å². The van der Waals surface area contributed by atoms with E-state index in [0.29, 0.717) is 30.9 Å². The number of likely N-dealkylation sites (tertiary alicyclic amines) is 1. The molecule has 8 heteroatoms. The molecule has 0 unspecified atom stereocenters. The maximum Gasteiger partial charge on any atom is 0.324 e. The fourth-order valence-corrected chi connectivity index (χ4v) is 4.32. The van der Waals surface area contributed by atoms with Crippen LogP contribution in [0.4, 0.5) is 4.79 Å². The number of methoxy groups -OCH3 is 1. The van der Waals surface area contributed by atoms with E-state index in [0.717, 1.165) is 12.1 Å². The number of nitrogens with one attached hydrogen (secondary N) is 1. The molecule has 1 aromatic carbocycles. The molecule has 8 nitrogen and oxygen atoms in total. The lowest BCUT2D eigenvalue weighted by Crippen LogP contribution is -2.52. The van der Waals surface area contributed by atoms with Crippen molar-refractivity contribution in [2.75, 3.05) is 20.2 Å². The third-order valence-electron chi connectivity index (χ3n) is 5.78. The van der Waals surface area contributed by atoms with Crippen LogP contribution in [0.15, 0.2) is 52.8 Å². The van der Waals surface area contributed by atoms with Crippen LogP contribution in [0.3, 0.4) is 0 Å². The molecule has 1 N–H and O–H groups in total. The molecule has 1 saturated heterocycles. The molecule has 0 aliphatic carbocycles.